The van der Waals surface area contributed by atoms with Crippen LogP contribution >= 0.6 is 0 Å². The molecule has 1 unspecified atom stereocenters. The zero-order valence-corrected chi connectivity index (χ0v) is 11.6. The summed E-state index contributed by atoms with van der Waals surface area (Å²) in [5.74, 6) is 0.137. The first kappa shape index (κ1) is 14.7. The molecule has 0 spiro atoms. The van der Waals surface area contributed by atoms with Crippen LogP contribution in [0.15, 0.2) is 24.3 Å². The third-order valence-corrected chi connectivity index (χ3v) is 3.22. The van der Waals surface area contributed by atoms with Crippen molar-refractivity contribution < 1.29 is 4.79 Å². The van der Waals surface area contributed by atoms with Crippen molar-refractivity contribution in [2.24, 2.45) is 11.7 Å². The summed E-state index contributed by atoms with van der Waals surface area (Å²) in [5.41, 5.74) is 7.82. The van der Waals surface area contributed by atoms with Gasteiger partial charge in [-0.15, -0.1) is 0 Å². The van der Waals surface area contributed by atoms with Gasteiger partial charge in [0.1, 0.15) is 0 Å². The van der Waals surface area contributed by atoms with Crippen LogP contribution in [0.4, 0.5) is 0 Å². The Morgan fingerprint density at radius 1 is 1.28 bits per heavy atom. The van der Waals surface area contributed by atoms with E-state index in [0.717, 1.165) is 18.4 Å². The van der Waals surface area contributed by atoms with Gasteiger partial charge in [-0.05, 0) is 38.8 Å². The average Bonchev–Trinajstić information content (AvgIpc) is 2.36. The molecule has 1 aromatic carbocycles. The van der Waals surface area contributed by atoms with Crippen LogP contribution in [0.1, 0.15) is 43.9 Å². The maximum atomic E-state index is 11.9. The first-order valence-corrected chi connectivity index (χ1v) is 6.61. The summed E-state index contributed by atoms with van der Waals surface area (Å²) in [6, 6.07) is 8.31. The molecule has 3 heteroatoms. The van der Waals surface area contributed by atoms with Gasteiger partial charge in [0.05, 0.1) is 6.04 Å². The lowest BCUT2D eigenvalue weighted by Crippen LogP contribution is -2.31. The summed E-state index contributed by atoms with van der Waals surface area (Å²) in [7, 11) is 0. The van der Waals surface area contributed by atoms with Crippen molar-refractivity contribution in [3.05, 3.63) is 35.4 Å². The van der Waals surface area contributed by atoms with Crippen molar-refractivity contribution in [2.45, 2.75) is 39.7 Å². The Hall–Kier alpha value is -1.35. The highest BCUT2D eigenvalue weighted by Gasteiger charge is 2.15. The molecule has 0 aliphatic heterocycles. The maximum absolute atomic E-state index is 11.9. The lowest BCUT2D eigenvalue weighted by atomic mass is 10.0. The van der Waals surface area contributed by atoms with Crippen LogP contribution in [0.3, 0.4) is 0 Å². The molecule has 2 atom stereocenters. The fraction of sp³-hybridized carbons (Fsp3) is 0.533. The summed E-state index contributed by atoms with van der Waals surface area (Å²) >= 11 is 0. The van der Waals surface area contributed by atoms with Crippen molar-refractivity contribution in [3.8, 4) is 0 Å². The SMILES string of the molecule is Cc1ccc([C@@H](C)NC(=O)C(C)CCCN)cc1. The minimum atomic E-state index is 0.0291. The topological polar surface area (TPSA) is 55.1 Å². The molecule has 0 aliphatic rings. The summed E-state index contributed by atoms with van der Waals surface area (Å²) in [5, 5.41) is 3.04. The summed E-state index contributed by atoms with van der Waals surface area (Å²) in [4.78, 5) is 11.9. The van der Waals surface area contributed by atoms with Gasteiger partial charge < -0.3 is 11.1 Å². The van der Waals surface area contributed by atoms with Crippen LogP contribution in [0.5, 0.6) is 0 Å². The highest BCUT2D eigenvalue weighted by molar-refractivity contribution is 5.78. The Morgan fingerprint density at radius 3 is 2.44 bits per heavy atom. The number of rotatable bonds is 6. The molecule has 0 saturated carbocycles. The highest BCUT2D eigenvalue weighted by Crippen LogP contribution is 2.14. The average molecular weight is 248 g/mol. The second kappa shape index (κ2) is 7.17. The number of carbonyl (C=O) groups excluding carboxylic acids is 1. The molecule has 0 heterocycles. The fourth-order valence-electron chi connectivity index (χ4n) is 1.85. The van der Waals surface area contributed by atoms with Gasteiger partial charge in [-0.25, -0.2) is 0 Å². The van der Waals surface area contributed by atoms with E-state index in [9.17, 15) is 4.79 Å². The number of nitrogens with one attached hydrogen (secondary N) is 1. The van der Waals surface area contributed by atoms with Gasteiger partial charge in [0.2, 0.25) is 5.91 Å². The molecule has 3 nitrogen and oxygen atoms in total. The van der Waals surface area contributed by atoms with Gasteiger partial charge in [0.25, 0.3) is 0 Å². The molecule has 0 aliphatic carbocycles. The first-order chi connectivity index (χ1) is 8.54. The summed E-state index contributed by atoms with van der Waals surface area (Å²) in [6.07, 6.45) is 1.75. The van der Waals surface area contributed by atoms with Gasteiger partial charge in [-0.1, -0.05) is 36.8 Å². The Labute approximate surface area is 110 Å². The molecule has 1 amide bonds. The highest BCUT2D eigenvalue weighted by atomic mass is 16.1. The van der Waals surface area contributed by atoms with Gasteiger partial charge in [-0.3, -0.25) is 4.79 Å². The standard InChI is InChI=1S/C15H24N2O/c1-11-6-8-14(9-7-11)13(3)17-15(18)12(2)5-4-10-16/h6-9,12-13H,4-5,10,16H2,1-3H3,(H,17,18)/t12?,13-/m1/s1. The molecular formula is C15H24N2O. The van der Waals surface area contributed by atoms with Gasteiger partial charge in [-0.2, -0.15) is 0 Å². The zero-order chi connectivity index (χ0) is 13.5. The van der Waals surface area contributed by atoms with Crippen molar-refractivity contribution in [2.75, 3.05) is 6.54 Å². The monoisotopic (exact) mass is 248 g/mol. The van der Waals surface area contributed by atoms with Gasteiger partial charge in [0.15, 0.2) is 0 Å². The summed E-state index contributed by atoms with van der Waals surface area (Å²) in [6.45, 7) is 6.66. The predicted molar refractivity (Wildman–Crippen MR) is 75.2 cm³/mol. The van der Waals surface area contributed by atoms with E-state index in [4.69, 9.17) is 5.73 Å². The molecule has 0 bridgehead atoms. The Kier molecular flexibility index (Phi) is 5.86. The van der Waals surface area contributed by atoms with Crippen molar-refractivity contribution in [1.29, 1.82) is 0 Å². The van der Waals surface area contributed by atoms with Crippen LogP contribution in [-0.4, -0.2) is 12.5 Å². The van der Waals surface area contributed by atoms with Crippen LogP contribution in [-0.2, 0) is 4.79 Å². The van der Waals surface area contributed by atoms with E-state index in [1.54, 1.807) is 0 Å². The first-order valence-electron chi connectivity index (χ1n) is 6.61. The molecule has 3 N–H and O–H groups in total. The largest absolute Gasteiger partial charge is 0.349 e. The van der Waals surface area contributed by atoms with Crippen LogP contribution in [0, 0.1) is 12.8 Å². The molecule has 18 heavy (non-hydrogen) atoms. The van der Waals surface area contributed by atoms with E-state index in [-0.39, 0.29) is 17.9 Å². The number of benzene rings is 1. The Balaban J connectivity index is 2.51. The second-order valence-corrected chi connectivity index (χ2v) is 4.97. The van der Waals surface area contributed by atoms with Crippen molar-refractivity contribution >= 4 is 5.91 Å². The maximum Gasteiger partial charge on any atom is 0.223 e. The lowest BCUT2D eigenvalue weighted by molar-refractivity contribution is -0.125. The van der Waals surface area contributed by atoms with E-state index in [1.165, 1.54) is 5.56 Å². The van der Waals surface area contributed by atoms with E-state index in [1.807, 2.05) is 13.8 Å². The molecule has 1 rings (SSSR count). The lowest BCUT2D eigenvalue weighted by Gasteiger charge is -2.18. The minimum Gasteiger partial charge on any atom is -0.349 e. The number of carbonyl (C=O) groups is 1. The van der Waals surface area contributed by atoms with Crippen LogP contribution < -0.4 is 11.1 Å². The van der Waals surface area contributed by atoms with Gasteiger partial charge in [0, 0.05) is 5.92 Å². The number of hydrogen-bond donors (Lipinski definition) is 2. The normalized spacial score (nSPS) is 14.0. The number of aryl methyl sites for hydroxylation is 1. The quantitative estimate of drug-likeness (QED) is 0.813. The smallest absolute Gasteiger partial charge is 0.223 e. The molecule has 1 aromatic rings. The minimum absolute atomic E-state index is 0.0291. The zero-order valence-electron chi connectivity index (χ0n) is 11.6. The van der Waals surface area contributed by atoms with Crippen molar-refractivity contribution in [3.63, 3.8) is 0 Å². The Bertz CT molecular complexity index is 373. The van der Waals surface area contributed by atoms with Crippen LogP contribution in [0.2, 0.25) is 0 Å². The molecule has 0 radical (unpaired) electrons. The van der Waals surface area contributed by atoms with E-state index in [0.29, 0.717) is 6.54 Å². The molecule has 0 saturated heterocycles. The van der Waals surface area contributed by atoms with E-state index < -0.39 is 0 Å². The van der Waals surface area contributed by atoms with E-state index >= 15 is 0 Å². The predicted octanol–water partition coefficient (Wildman–Crippen LogP) is 2.55. The second-order valence-electron chi connectivity index (χ2n) is 4.97. The molecule has 0 fully saturated rings. The van der Waals surface area contributed by atoms with E-state index in [2.05, 4.69) is 36.5 Å². The van der Waals surface area contributed by atoms with Crippen LogP contribution in [0.25, 0.3) is 0 Å². The molecule has 0 aromatic heterocycles. The van der Waals surface area contributed by atoms with Crippen molar-refractivity contribution in [1.82, 2.24) is 5.32 Å². The number of amides is 1. The Morgan fingerprint density at radius 2 is 1.89 bits per heavy atom. The fourth-order valence-corrected chi connectivity index (χ4v) is 1.85. The third-order valence-electron chi connectivity index (χ3n) is 3.22. The third kappa shape index (κ3) is 4.49. The summed E-state index contributed by atoms with van der Waals surface area (Å²) < 4.78 is 0. The van der Waals surface area contributed by atoms with Gasteiger partial charge >= 0.3 is 0 Å². The number of nitrogens with two attached hydrogens (primary N) is 1. The molecule has 100 valence electrons. The molecular weight excluding hydrogens is 224 g/mol. The number of hydrogen-bond acceptors (Lipinski definition) is 2.